The number of carbonyl (C=O) groups is 1. The highest BCUT2D eigenvalue weighted by molar-refractivity contribution is 5.92. The van der Waals surface area contributed by atoms with Crippen molar-refractivity contribution in [3.05, 3.63) is 47.9 Å². The summed E-state index contributed by atoms with van der Waals surface area (Å²) in [5.74, 6) is 0.491. The van der Waals surface area contributed by atoms with Crippen LogP contribution in [0.15, 0.2) is 36.7 Å². The van der Waals surface area contributed by atoms with Gasteiger partial charge in [0.1, 0.15) is 5.82 Å². The van der Waals surface area contributed by atoms with Crippen LogP contribution in [0.3, 0.4) is 0 Å². The number of rotatable bonds is 5. The summed E-state index contributed by atoms with van der Waals surface area (Å²) < 4.78 is 0. The van der Waals surface area contributed by atoms with Crippen LogP contribution < -0.4 is 10.6 Å². The van der Waals surface area contributed by atoms with Crippen molar-refractivity contribution < 1.29 is 4.79 Å². The van der Waals surface area contributed by atoms with Gasteiger partial charge in [0.2, 0.25) is 0 Å². The standard InChI is InChI=1S/C14H15N5O/c20-14(17-11-1-2-11)12-3-4-13(19-18-12)16-9-10-5-7-15-8-6-10/h3-8,11H,1-2,9H2,(H,16,19)(H,17,20). The van der Waals surface area contributed by atoms with Gasteiger partial charge in [0.15, 0.2) is 5.69 Å². The smallest absolute Gasteiger partial charge is 0.272 e. The van der Waals surface area contributed by atoms with Crippen molar-refractivity contribution in [1.82, 2.24) is 20.5 Å². The van der Waals surface area contributed by atoms with Crippen LogP contribution in [0, 0.1) is 0 Å². The minimum atomic E-state index is -0.152. The van der Waals surface area contributed by atoms with E-state index in [1.165, 1.54) is 0 Å². The summed E-state index contributed by atoms with van der Waals surface area (Å²) in [5, 5.41) is 14.0. The lowest BCUT2D eigenvalue weighted by atomic mass is 10.3. The third-order valence-corrected chi connectivity index (χ3v) is 3.03. The zero-order valence-electron chi connectivity index (χ0n) is 10.9. The monoisotopic (exact) mass is 269 g/mol. The molecule has 102 valence electrons. The Morgan fingerprint density at radius 1 is 1.15 bits per heavy atom. The summed E-state index contributed by atoms with van der Waals surface area (Å²) in [6, 6.07) is 7.62. The Hall–Kier alpha value is -2.50. The highest BCUT2D eigenvalue weighted by Gasteiger charge is 2.24. The summed E-state index contributed by atoms with van der Waals surface area (Å²) in [7, 11) is 0. The van der Waals surface area contributed by atoms with Crippen LogP contribution >= 0.6 is 0 Å². The van der Waals surface area contributed by atoms with Crippen molar-refractivity contribution >= 4 is 11.7 Å². The van der Waals surface area contributed by atoms with Crippen molar-refractivity contribution in [2.24, 2.45) is 0 Å². The van der Waals surface area contributed by atoms with Gasteiger partial charge in [0, 0.05) is 25.0 Å². The molecule has 2 N–H and O–H groups in total. The van der Waals surface area contributed by atoms with E-state index in [4.69, 9.17) is 0 Å². The van der Waals surface area contributed by atoms with Gasteiger partial charge in [0.25, 0.3) is 5.91 Å². The quantitative estimate of drug-likeness (QED) is 0.857. The van der Waals surface area contributed by atoms with E-state index in [9.17, 15) is 4.79 Å². The lowest BCUT2D eigenvalue weighted by Crippen LogP contribution is -2.26. The van der Waals surface area contributed by atoms with Crippen molar-refractivity contribution in [1.29, 1.82) is 0 Å². The van der Waals surface area contributed by atoms with E-state index < -0.39 is 0 Å². The number of nitrogens with zero attached hydrogens (tertiary/aromatic N) is 3. The van der Waals surface area contributed by atoms with Crippen LogP contribution in [0.25, 0.3) is 0 Å². The Balaban J connectivity index is 1.56. The summed E-state index contributed by atoms with van der Waals surface area (Å²) in [6.07, 6.45) is 5.61. The summed E-state index contributed by atoms with van der Waals surface area (Å²) in [5.41, 5.74) is 1.46. The first-order valence-corrected chi connectivity index (χ1v) is 6.58. The molecule has 0 unspecified atom stereocenters. The van der Waals surface area contributed by atoms with Gasteiger partial charge in [0.05, 0.1) is 0 Å². The van der Waals surface area contributed by atoms with E-state index in [0.717, 1.165) is 18.4 Å². The van der Waals surface area contributed by atoms with Crippen molar-refractivity contribution in [2.45, 2.75) is 25.4 Å². The van der Waals surface area contributed by atoms with Gasteiger partial charge in [-0.3, -0.25) is 9.78 Å². The normalized spacial score (nSPS) is 13.8. The molecular weight excluding hydrogens is 254 g/mol. The van der Waals surface area contributed by atoms with Gasteiger partial charge in [-0.15, -0.1) is 10.2 Å². The second kappa shape index (κ2) is 5.64. The highest BCUT2D eigenvalue weighted by atomic mass is 16.2. The minimum Gasteiger partial charge on any atom is -0.365 e. The van der Waals surface area contributed by atoms with Crippen LogP contribution in [0.2, 0.25) is 0 Å². The molecule has 0 atom stereocenters. The maximum absolute atomic E-state index is 11.7. The molecule has 6 nitrogen and oxygen atoms in total. The fourth-order valence-corrected chi connectivity index (χ4v) is 1.73. The van der Waals surface area contributed by atoms with Gasteiger partial charge in [-0.2, -0.15) is 0 Å². The number of amides is 1. The Bertz CT molecular complexity index is 580. The number of carbonyl (C=O) groups excluding carboxylic acids is 1. The maximum Gasteiger partial charge on any atom is 0.272 e. The molecule has 1 amide bonds. The lowest BCUT2D eigenvalue weighted by Gasteiger charge is -2.06. The Labute approximate surface area is 116 Å². The molecule has 0 aliphatic heterocycles. The fourth-order valence-electron chi connectivity index (χ4n) is 1.73. The first-order valence-electron chi connectivity index (χ1n) is 6.58. The zero-order chi connectivity index (χ0) is 13.8. The minimum absolute atomic E-state index is 0.152. The van der Waals surface area contributed by atoms with Crippen molar-refractivity contribution in [2.75, 3.05) is 5.32 Å². The van der Waals surface area contributed by atoms with Crippen molar-refractivity contribution in [3.63, 3.8) is 0 Å². The fraction of sp³-hybridized carbons (Fsp3) is 0.286. The van der Waals surface area contributed by atoms with Crippen LogP contribution in [-0.4, -0.2) is 27.1 Å². The van der Waals surface area contributed by atoms with Gasteiger partial charge >= 0.3 is 0 Å². The number of hydrogen-bond acceptors (Lipinski definition) is 5. The SMILES string of the molecule is O=C(NC1CC1)c1ccc(NCc2ccncc2)nn1. The van der Waals surface area contributed by atoms with E-state index >= 15 is 0 Å². The molecule has 6 heteroatoms. The summed E-state index contributed by atoms with van der Waals surface area (Å²) in [4.78, 5) is 15.7. The van der Waals surface area contributed by atoms with E-state index in [-0.39, 0.29) is 5.91 Å². The van der Waals surface area contributed by atoms with E-state index in [0.29, 0.717) is 24.1 Å². The average Bonchev–Trinajstić information content (AvgIpc) is 3.31. The molecule has 3 rings (SSSR count). The first kappa shape index (κ1) is 12.5. The molecule has 0 bridgehead atoms. The van der Waals surface area contributed by atoms with Gasteiger partial charge in [-0.25, -0.2) is 0 Å². The molecule has 1 aliphatic rings. The number of nitrogens with one attached hydrogen (secondary N) is 2. The molecule has 2 heterocycles. The van der Waals surface area contributed by atoms with Crippen LogP contribution in [0.5, 0.6) is 0 Å². The molecule has 0 aromatic carbocycles. The number of hydrogen-bond donors (Lipinski definition) is 2. The third-order valence-electron chi connectivity index (χ3n) is 3.03. The molecule has 20 heavy (non-hydrogen) atoms. The molecule has 2 aromatic rings. The van der Waals surface area contributed by atoms with Gasteiger partial charge in [-0.1, -0.05) is 0 Å². The van der Waals surface area contributed by atoms with Crippen LogP contribution in [0.4, 0.5) is 5.82 Å². The van der Waals surface area contributed by atoms with Gasteiger partial charge in [-0.05, 0) is 42.7 Å². The Kier molecular flexibility index (Phi) is 3.54. The van der Waals surface area contributed by atoms with Gasteiger partial charge < -0.3 is 10.6 Å². The highest BCUT2D eigenvalue weighted by Crippen LogP contribution is 2.19. The van der Waals surface area contributed by atoms with Crippen molar-refractivity contribution in [3.8, 4) is 0 Å². The summed E-state index contributed by atoms with van der Waals surface area (Å²) >= 11 is 0. The lowest BCUT2D eigenvalue weighted by molar-refractivity contribution is 0.0945. The number of aromatic nitrogens is 3. The maximum atomic E-state index is 11.7. The molecule has 1 aliphatic carbocycles. The molecule has 0 radical (unpaired) electrons. The topological polar surface area (TPSA) is 79.8 Å². The Morgan fingerprint density at radius 2 is 1.95 bits per heavy atom. The first-order chi connectivity index (χ1) is 9.81. The van der Waals surface area contributed by atoms with E-state index in [1.54, 1.807) is 24.5 Å². The predicted molar refractivity (Wildman–Crippen MR) is 74.1 cm³/mol. The number of anilines is 1. The molecular formula is C14H15N5O. The third kappa shape index (κ3) is 3.28. The molecule has 0 saturated heterocycles. The molecule has 2 aromatic heterocycles. The predicted octanol–water partition coefficient (Wildman–Crippen LogP) is 1.38. The molecule has 1 fully saturated rings. The zero-order valence-corrected chi connectivity index (χ0v) is 10.9. The van der Waals surface area contributed by atoms with E-state index in [1.807, 2.05) is 12.1 Å². The second-order valence-corrected chi connectivity index (χ2v) is 4.76. The largest absolute Gasteiger partial charge is 0.365 e. The van der Waals surface area contributed by atoms with E-state index in [2.05, 4.69) is 25.8 Å². The second-order valence-electron chi connectivity index (χ2n) is 4.76. The molecule has 0 spiro atoms. The van der Waals surface area contributed by atoms with Crippen LogP contribution in [0.1, 0.15) is 28.9 Å². The number of pyridine rings is 1. The summed E-state index contributed by atoms with van der Waals surface area (Å²) in [6.45, 7) is 0.644. The van der Waals surface area contributed by atoms with Crippen LogP contribution in [-0.2, 0) is 6.54 Å². The Morgan fingerprint density at radius 3 is 2.60 bits per heavy atom. The molecule has 1 saturated carbocycles. The average molecular weight is 269 g/mol.